The summed E-state index contributed by atoms with van der Waals surface area (Å²) in [6.45, 7) is 4.80. The number of nitrogens with zero attached hydrogens (tertiary/aromatic N) is 1. The van der Waals surface area contributed by atoms with Gasteiger partial charge < -0.3 is 65.0 Å². The number of guanidine groups is 1. The number of primary amides is 1. The maximum Gasteiger partial charge on any atom is 0.305 e. The minimum atomic E-state index is -1.80. The molecule has 0 saturated carbocycles. The first-order valence-corrected chi connectivity index (χ1v) is 21.2. The van der Waals surface area contributed by atoms with Gasteiger partial charge in [-0.3, -0.25) is 43.3 Å². The highest BCUT2D eigenvalue weighted by molar-refractivity contribution is 8.76. The fourth-order valence-electron chi connectivity index (χ4n) is 4.89. The van der Waals surface area contributed by atoms with Crippen LogP contribution in [0.2, 0.25) is 0 Å². The van der Waals surface area contributed by atoms with Gasteiger partial charge in [0, 0.05) is 18.1 Å². The summed E-state index contributed by atoms with van der Waals surface area (Å²) in [5, 5.41) is 34.8. The highest BCUT2D eigenvalue weighted by Crippen LogP contribution is 2.23. The van der Waals surface area contributed by atoms with Gasteiger partial charge in [-0.15, -0.1) is 0 Å². The van der Waals surface area contributed by atoms with E-state index in [0.29, 0.717) is 5.75 Å². The van der Waals surface area contributed by atoms with Crippen LogP contribution >= 0.6 is 33.3 Å². The van der Waals surface area contributed by atoms with E-state index in [4.69, 9.17) is 22.9 Å². The van der Waals surface area contributed by atoms with E-state index in [1.807, 2.05) is 0 Å². The number of nitrogens with one attached hydrogen (secondary N) is 6. The molecule has 1 rings (SSSR count). The molecular formula is C31H55N11O10S3. The average molecular weight is 838 g/mol. The standard InChI is InChI=1S/C31H55N11O10S3/c1-14(2)10-19-28(50)41-21(24(33)46)13-55-54-12-16(32)25(47)37-17(6-5-8-36-31(34)35)26(48)38-18(7-9-53-4)27(49)39-20(11-22(44)45)29(51)42-23(15(3)43)30(52)40-19/h14-21,23,43H,5-13,32H2,1-4H3,(H2,33,46)(H,37,47)(H,38,48)(H,39,49)(H,40,52)(H,41,50)(H,42,51)(H,44,45)(H4,34,35,36)/t15-,16-,17-,18+,19-,20-,21-,23+/m1/s1. The van der Waals surface area contributed by atoms with Crippen molar-refractivity contribution in [2.75, 3.05) is 30.1 Å². The fourth-order valence-corrected chi connectivity index (χ4v) is 7.66. The van der Waals surface area contributed by atoms with Gasteiger partial charge in [-0.1, -0.05) is 35.4 Å². The van der Waals surface area contributed by atoms with Gasteiger partial charge in [0.1, 0.15) is 36.3 Å². The number of carboxylic acid groups (broad SMARTS) is 1. The van der Waals surface area contributed by atoms with Gasteiger partial charge in [-0.25, -0.2) is 0 Å². The monoisotopic (exact) mass is 837 g/mol. The number of aliphatic carboxylic acids is 1. The molecule has 0 aromatic heterocycles. The molecule has 0 aromatic rings. The van der Waals surface area contributed by atoms with Crippen molar-refractivity contribution in [2.45, 2.75) is 101 Å². The number of nitrogens with two attached hydrogens (primary N) is 4. The Morgan fingerprint density at radius 3 is 1.85 bits per heavy atom. The molecule has 312 valence electrons. The Labute approximate surface area is 331 Å². The van der Waals surface area contributed by atoms with Gasteiger partial charge in [-0.05, 0) is 50.5 Å². The summed E-state index contributed by atoms with van der Waals surface area (Å²) in [6.07, 6.45) is -0.488. The van der Waals surface area contributed by atoms with Crippen LogP contribution in [0.1, 0.15) is 52.9 Å². The summed E-state index contributed by atoms with van der Waals surface area (Å²) >= 11 is 1.33. The van der Waals surface area contributed by atoms with Crippen molar-refractivity contribution in [3.63, 3.8) is 0 Å². The lowest BCUT2D eigenvalue weighted by Gasteiger charge is -2.28. The summed E-state index contributed by atoms with van der Waals surface area (Å²) in [5.74, 6) is -7.95. The molecule has 24 heteroatoms. The predicted octanol–water partition coefficient (Wildman–Crippen LogP) is -4.19. The van der Waals surface area contributed by atoms with Crippen molar-refractivity contribution < 1.29 is 48.6 Å². The van der Waals surface area contributed by atoms with Crippen molar-refractivity contribution in [1.82, 2.24) is 31.9 Å². The minimum absolute atomic E-state index is 0.00419. The van der Waals surface area contributed by atoms with Crippen molar-refractivity contribution in [1.29, 1.82) is 0 Å². The zero-order chi connectivity index (χ0) is 41.8. The quantitative estimate of drug-likeness (QED) is 0.0362. The van der Waals surface area contributed by atoms with E-state index >= 15 is 0 Å². The second-order valence-corrected chi connectivity index (χ2v) is 16.6. The number of aliphatic hydroxyl groups is 1. The Morgan fingerprint density at radius 2 is 1.31 bits per heavy atom. The van der Waals surface area contributed by atoms with Crippen LogP contribution in [0.4, 0.5) is 0 Å². The Bertz CT molecular complexity index is 1390. The van der Waals surface area contributed by atoms with Crippen LogP contribution in [0.3, 0.4) is 0 Å². The van der Waals surface area contributed by atoms with Crippen molar-refractivity contribution >= 4 is 86.6 Å². The number of carbonyl (C=O) groups excluding carboxylic acids is 7. The number of carbonyl (C=O) groups is 8. The van der Waals surface area contributed by atoms with Crippen LogP contribution < -0.4 is 54.8 Å². The van der Waals surface area contributed by atoms with E-state index in [9.17, 15) is 48.6 Å². The minimum Gasteiger partial charge on any atom is -0.481 e. The summed E-state index contributed by atoms with van der Waals surface area (Å²) in [4.78, 5) is 109. The second-order valence-electron chi connectivity index (χ2n) is 13.1. The fraction of sp³-hybridized carbons (Fsp3) is 0.710. The summed E-state index contributed by atoms with van der Waals surface area (Å²) in [7, 11) is 2.17. The van der Waals surface area contributed by atoms with Gasteiger partial charge in [0.2, 0.25) is 41.4 Å². The van der Waals surface area contributed by atoms with E-state index in [-0.39, 0.29) is 55.6 Å². The predicted molar refractivity (Wildman–Crippen MR) is 210 cm³/mol. The van der Waals surface area contributed by atoms with E-state index in [0.717, 1.165) is 21.6 Å². The lowest BCUT2D eigenvalue weighted by molar-refractivity contribution is -0.142. The Kier molecular flexibility index (Phi) is 22.5. The Morgan fingerprint density at radius 1 is 0.782 bits per heavy atom. The van der Waals surface area contributed by atoms with Crippen molar-refractivity contribution in [3.05, 3.63) is 0 Å². The smallest absolute Gasteiger partial charge is 0.305 e. The largest absolute Gasteiger partial charge is 0.481 e. The summed E-state index contributed by atoms with van der Waals surface area (Å²) in [6, 6.07) is -9.76. The second kappa shape index (κ2) is 25.2. The number of aliphatic hydroxyl groups excluding tert-OH is 1. The molecule has 0 unspecified atom stereocenters. The third-order valence-corrected chi connectivity index (χ3v) is 10.9. The molecule has 55 heavy (non-hydrogen) atoms. The number of aliphatic imine (C=N–C) groups is 1. The normalized spacial score (nSPS) is 26.3. The molecule has 7 amide bonds. The maximum absolute atomic E-state index is 13.6. The lowest BCUT2D eigenvalue weighted by atomic mass is 10.0. The molecular weight excluding hydrogens is 783 g/mol. The third-order valence-electron chi connectivity index (χ3n) is 7.80. The van der Waals surface area contributed by atoms with Crippen molar-refractivity contribution in [3.8, 4) is 0 Å². The number of amides is 7. The molecule has 8 atom stereocenters. The van der Waals surface area contributed by atoms with Gasteiger partial charge in [-0.2, -0.15) is 11.8 Å². The van der Waals surface area contributed by atoms with E-state index in [1.165, 1.54) is 18.7 Å². The van der Waals surface area contributed by atoms with Crippen molar-refractivity contribution in [2.24, 2.45) is 33.8 Å². The number of carboxylic acids is 1. The molecule has 0 aromatic carbocycles. The Balaban J connectivity index is 3.65. The highest BCUT2D eigenvalue weighted by atomic mass is 33.1. The van der Waals surface area contributed by atoms with Gasteiger partial charge in [0.05, 0.1) is 18.6 Å². The molecule has 0 radical (unpaired) electrons. The van der Waals surface area contributed by atoms with E-state index in [2.05, 4.69) is 36.9 Å². The number of thioether (sulfide) groups is 1. The molecule has 16 N–H and O–H groups in total. The number of rotatable bonds is 13. The zero-order valence-electron chi connectivity index (χ0n) is 31.2. The maximum atomic E-state index is 13.6. The first kappa shape index (κ1) is 49.0. The highest BCUT2D eigenvalue weighted by Gasteiger charge is 2.36. The molecule has 1 saturated heterocycles. The van der Waals surface area contributed by atoms with Gasteiger partial charge >= 0.3 is 5.97 Å². The van der Waals surface area contributed by atoms with Crippen LogP contribution in [0.5, 0.6) is 0 Å². The van der Waals surface area contributed by atoms with Crippen LogP contribution in [0.15, 0.2) is 4.99 Å². The summed E-state index contributed by atoms with van der Waals surface area (Å²) < 4.78 is 0. The van der Waals surface area contributed by atoms with Crippen LogP contribution in [0, 0.1) is 5.92 Å². The molecule has 0 aliphatic carbocycles. The van der Waals surface area contributed by atoms with Crippen LogP contribution in [0.25, 0.3) is 0 Å². The average Bonchev–Trinajstić information content (AvgIpc) is 3.08. The lowest BCUT2D eigenvalue weighted by Crippen LogP contribution is -2.62. The van der Waals surface area contributed by atoms with Crippen LogP contribution in [-0.4, -0.2) is 142 Å². The van der Waals surface area contributed by atoms with Gasteiger partial charge in [0.15, 0.2) is 5.96 Å². The van der Waals surface area contributed by atoms with Crippen LogP contribution in [-0.2, 0) is 38.4 Å². The zero-order valence-corrected chi connectivity index (χ0v) is 33.7. The topological polar surface area (TPSA) is 366 Å². The Hall–Kier alpha value is -4.00. The van der Waals surface area contributed by atoms with E-state index < -0.39 is 102 Å². The summed E-state index contributed by atoms with van der Waals surface area (Å²) in [5.41, 5.74) is 22.5. The molecule has 0 spiro atoms. The number of hydrogen-bond donors (Lipinski definition) is 12. The molecule has 1 fully saturated rings. The first-order valence-electron chi connectivity index (χ1n) is 17.3. The molecule has 1 aliphatic heterocycles. The SMILES string of the molecule is CSCC[C@@H]1NC(=O)[C@@H](CCCN=C(N)N)NC(=O)[C@H](N)CSSC[C@H](C(N)=O)NC(=O)[C@@H](CC(C)C)NC(=O)[C@H]([C@@H](C)O)NC(=O)[C@@H](CC(=O)O)NC1=O. The molecule has 1 aliphatic rings. The molecule has 21 nitrogen and oxygen atoms in total. The van der Waals surface area contributed by atoms with E-state index in [1.54, 1.807) is 20.1 Å². The first-order chi connectivity index (χ1) is 25.8. The molecule has 0 bridgehead atoms. The molecule has 1 heterocycles. The van der Waals surface area contributed by atoms with Gasteiger partial charge in [0.25, 0.3) is 0 Å². The number of hydrogen-bond acceptors (Lipinski definition) is 14. The third kappa shape index (κ3) is 18.9.